The summed E-state index contributed by atoms with van der Waals surface area (Å²) >= 11 is 6.14. The maximum absolute atomic E-state index is 6.21. The van der Waals surface area contributed by atoms with Crippen LogP contribution in [0.5, 0.6) is 11.5 Å². The van der Waals surface area contributed by atoms with E-state index in [0.29, 0.717) is 17.7 Å². The number of hydrogen-bond acceptors (Lipinski definition) is 5. The number of benzene rings is 2. The van der Waals surface area contributed by atoms with Crippen molar-refractivity contribution < 1.29 is 9.47 Å². The van der Waals surface area contributed by atoms with Gasteiger partial charge >= 0.3 is 0 Å². The third-order valence-electron chi connectivity index (χ3n) is 6.53. The molecule has 0 bridgehead atoms. The van der Waals surface area contributed by atoms with E-state index in [1.165, 1.54) is 5.56 Å². The number of ether oxygens (including phenoxy) is 2. The fourth-order valence-electron chi connectivity index (χ4n) is 4.82. The number of likely N-dealkylation sites (tertiary alicyclic amines) is 1. The first-order valence-corrected chi connectivity index (χ1v) is 12.5. The lowest BCUT2D eigenvalue weighted by molar-refractivity contribution is 0.149. The quantitative estimate of drug-likeness (QED) is 0.436. The van der Waals surface area contributed by atoms with Crippen LogP contribution in [0.4, 0.5) is 5.69 Å². The standard InChI is InChI=1S/C28H32ClN3O2/c1-4-33-26-16-19(15-20-7-11-28(2,3)34-27(20)26)18-32-13-9-22(10-14-32)31-24-8-12-30-25-17-21(29)5-6-23(24)25/h5-8,11-12,15-17,22H,4,9-10,13-14,18H2,1-3H3,(H,30,31). The summed E-state index contributed by atoms with van der Waals surface area (Å²) in [7, 11) is 0. The monoisotopic (exact) mass is 477 g/mol. The molecule has 178 valence electrons. The molecule has 2 aliphatic rings. The second kappa shape index (κ2) is 9.47. The molecule has 2 aromatic carbocycles. The molecule has 1 aromatic heterocycles. The van der Waals surface area contributed by atoms with Gasteiger partial charge in [-0.15, -0.1) is 0 Å². The lowest BCUT2D eigenvalue weighted by atomic mass is 9.99. The van der Waals surface area contributed by atoms with Gasteiger partial charge in [-0.3, -0.25) is 9.88 Å². The van der Waals surface area contributed by atoms with Crippen LogP contribution >= 0.6 is 11.6 Å². The zero-order chi connectivity index (χ0) is 23.7. The lowest BCUT2D eigenvalue weighted by Gasteiger charge is -2.34. The van der Waals surface area contributed by atoms with Gasteiger partial charge in [0.1, 0.15) is 5.60 Å². The van der Waals surface area contributed by atoms with Crippen LogP contribution in [0.25, 0.3) is 17.0 Å². The molecule has 1 fully saturated rings. The zero-order valence-corrected chi connectivity index (χ0v) is 20.9. The minimum Gasteiger partial charge on any atom is -0.490 e. The predicted octanol–water partition coefficient (Wildman–Crippen LogP) is 6.55. The molecule has 2 aliphatic heterocycles. The van der Waals surface area contributed by atoms with Crippen LogP contribution in [-0.2, 0) is 6.54 Å². The summed E-state index contributed by atoms with van der Waals surface area (Å²) < 4.78 is 12.2. The predicted molar refractivity (Wildman–Crippen MR) is 140 cm³/mol. The van der Waals surface area contributed by atoms with Gasteiger partial charge in [-0.25, -0.2) is 0 Å². The number of aromatic nitrogens is 1. The van der Waals surface area contributed by atoms with E-state index >= 15 is 0 Å². The fourth-order valence-corrected chi connectivity index (χ4v) is 4.98. The largest absolute Gasteiger partial charge is 0.490 e. The van der Waals surface area contributed by atoms with Crippen LogP contribution in [0.3, 0.4) is 0 Å². The van der Waals surface area contributed by atoms with Crippen molar-refractivity contribution in [3.8, 4) is 11.5 Å². The highest BCUT2D eigenvalue weighted by molar-refractivity contribution is 6.31. The second-order valence-electron chi connectivity index (χ2n) is 9.70. The summed E-state index contributed by atoms with van der Waals surface area (Å²) in [6.07, 6.45) is 8.31. The van der Waals surface area contributed by atoms with Crippen molar-refractivity contribution >= 4 is 34.3 Å². The van der Waals surface area contributed by atoms with Gasteiger partial charge in [0.2, 0.25) is 0 Å². The summed E-state index contributed by atoms with van der Waals surface area (Å²) in [5, 5.41) is 5.58. The number of halogens is 1. The first kappa shape index (κ1) is 23.0. The molecule has 1 saturated heterocycles. The van der Waals surface area contributed by atoms with Crippen LogP contribution in [0.2, 0.25) is 5.02 Å². The molecule has 34 heavy (non-hydrogen) atoms. The average Bonchev–Trinajstić information content (AvgIpc) is 2.81. The Labute approximate surface area is 206 Å². The van der Waals surface area contributed by atoms with Crippen molar-refractivity contribution in [3.05, 3.63) is 64.8 Å². The van der Waals surface area contributed by atoms with Crippen molar-refractivity contribution in [2.45, 2.75) is 51.8 Å². The highest BCUT2D eigenvalue weighted by atomic mass is 35.5. The molecule has 0 amide bonds. The molecule has 0 aliphatic carbocycles. The topological polar surface area (TPSA) is 46.6 Å². The van der Waals surface area contributed by atoms with E-state index in [-0.39, 0.29) is 5.60 Å². The molecule has 6 heteroatoms. The van der Waals surface area contributed by atoms with Crippen molar-refractivity contribution in [1.29, 1.82) is 0 Å². The Bertz CT molecular complexity index is 1220. The van der Waals surface area contributed by atoms with E-state index in [1.54, 1.807) is 0 Å². The number of pyridine rings is 1. The van der Waals surface area contributed by atoms with E-state index < -0.39 is 0 Å². The van der Waals surface area contributed by atoms with Crippen LogP contribution in [0.1, 0.15) is 44.7 Å². The summed E-state index contributed by atoms with van der Waals surface area (Å²) in [6.45, 7) is 9.78. The number of nitrogens with one attached hydrogen (secondary N) is 1. The number of rotatable bonds is 6. The molecule has 0 radical (unpaired) electrons. The second-order valence-corrected chi connectivity index (χ2v) is 10.1. The smallest absolute Gasteiger partial charge is 0.169 e. The van der Waals surface area contributed by atoms with Gasteiger partial charge in [0.15, 0.2) is 11.5 Å². The number of fused-ring (bicyclic) bond motifs is 2. The van der Waals surface area contributed by atoms with E-state index in [0.717, 1.165) is 66.1 Å². The molecule has 0 saturated carbocycles. The minimum absolute atomic E-state index is 0.318. The van der Waals surface area contributed by atoms with Crippen molar-refractivity contribution in [2.75, 3.05) is 25.0 Å². The highest BCUT2D eigenvalue weighted by Gasteiger charge is 2.26. The van der Waals surface area contributed by atoms with Gasteiger partial charge in [-0.05, 0) is 81.7 Å². The summed E-state index contributed by atoms with van der Waals surface area (Å²) in [4.78, 5) is 6.98. The Morgan fingerprint density at radius 2 is 2.00 bits per heavy atom. The summed E-state index contributed by atoms with van der Waals surface area (Å²) in [5.74, 6) is 1.69. The molecule has 0 spiro atoms. The van der Waals surface area contributed by atoms with Gasteiger partial charge in [0.05, 0.1) is 12.1 Å². The van der Waals surface area contributed by atoms with Gasteiger partial charge < -0.3 is 14.8 Å². The van der Waals surface area contributed by atoms with E-state index in [9.17, 15) is 0 Å². The van der Waals surface area contributed by atoms with E-state index in [4.69, 9.17) is 21.1 Å². The van der Waals surface area contributed by atoms with Gasteiger partial charge in [0.25, 0.3) is 0 Å². The number of nitrogens with zero attached hydrogens (tertiary/aromatic N) is 2. The Hall–Kier alpha value is -2.76. The van der Waals surface area contributed by atoms with Gasteiger partial charge in [-0.1, -0.05) is 17.7 Å². The summed E-state index contributed by atoms with van der Waals surface area (Å²) in [6, 6.07) is 12.8. The molecule has 3 aromatic rings. The minimum atomic E-state index is -0.318. The fraction of sp³-hybridized carbons (Fsp3) is 0.393. The Morgan fingerprint density at radius 1 is 1.18 bits per heavy atom. The first-order chi connectivity index (χ1) is 16.4. The van der Waals surface area contributed by atoms with E-state index in [1.807, 2.05) is 31.3 Å². The molecule has 0 unspecified atom stereocenters. The average molecular weight is 478 g/mol. The third kappa shape index (κ3) is 5.01. The molecule has 5 nitrogen and oxygen atoms in total. The van der Waals surface area contributed by atoms with Crippen LogP contribution in [0, 0.1) is 0 Å². The molecule has 0 atom stereocenters. The highest BCUT2D eigenvalue weighted by Crippen LogP contribution is 2.40. The lowest BCUT2D eigenvalue weighted by Crippen LogP contribution is -2.38. The first-order valence-electron chi connectivity index (χ1n) is 12.1. The van der Waals surface area contributed by atoms with Gasteiger partial charge in [-0.2, -0.15) is 0 Å². The Morgan fingerprint density at radius 3 is 2.79 bits per heavy atom. The maximum atomic E-state index is 6.21. The Balaban J connectivity index is 1.24. The zero-order valence-electron chi connectivity index (χ0n) is 20.1. The SMILES string of the molecule is CCOc1cc(CN2CCC(Nc3ccnc4cc(Cl)ccc34)CC2)cc2c1OC(C)(C)C=C2. The number of anilines is 1. The van der Waals surface area contributed by atoms with Gasteiger partial charge in [0, 0.05) is 53.5 Å². The molecule has 3 heterocycles. The normalized spacial score (nSPS) is 17.9. The molecule has 1 N–H and O–H groups in total. The number of piperidine rings is 1. The van der Waals surface area contributed by atoms with Crippen LogP contribution in [-0.4, -0.2) is 41.2 Å². The van der Waals surface area contributed by atoms with Crippen molar-refractivity contribution in [1.82, 2.24) is 9.88 Å². The molecular weight excluding hydrogens is 446 g/mol. The van der Waals surface area contributed by atoms with E-state index in [2.05, 4.69) is 59.4 Å². The van der Waals surface area contributed by atoms with Crippen molar-refractivity contribution in [3.63, 3.8) is 0 Å². The van der Waals surface area contributed by atoms with Crippen LogP contribution in [0.15, 0.2) is 48.7 Å². The molecular formula is C28H32ClN3O2. The van der Waals surface area contributed by atoms with Crippen LogP contribution < -0.4 is 14.8 Å². The van der Waals surface area contributed by atoms with Crippen molar-refractivity contribution in [2.24, 2.45) is 0 Å². The maximum Gasteiger partial charge on any atom is 0.169 e. The molecule has 5 rings (SSSR count). The third-order valence-corrected chi connectivity index (χ3v) is 6.77. The number of hydrogen-bond donors (Lipinski definition) is 1. The Kier molecular flexibility index (Phi) is 6.41. The summed E-state index contributed by atoms with van der Waals surface area (Å²) in [5.41, 5.74) is 4.10.